The summed E-state index contributed by atoms with van der Waals surface area (Å²) in [5.74, 6) is 2.86. The van der Waals surface area contributed by atoms with E-state index in [2.05, 4.69) is 22.4 Å². The molecule has 0 unspecified atom stereocenters. The molecule has 19 heavy (non-hydrogen) atoms. The zero-order valence-corrected chi connectivity index (χ0v) is 11.5. The number of nitrogens with zero attached hydrogens (tertiary/aromatic N) is 2. The number of nitrogens with one attached hydrogen (secondary N) is 1. The van der Waals surface area contributed by atoms with E-state index in [1.54, 1.807) is 0 Å². The minimum absolute atomic E-state index is 0.0308. The third-order valence-corrected chi connectivity index (χ3v) is 4.65. The van der Waals surface area contributed by atoms with Gasteiger partial charge in [0.1, 0.15) is 0 Å². The second-order valence-electron chi connectivity index (χ2n) is 5.97. The molecule has 0 amide bonds. The molecular formula is C14H23N3O2. The van der Waals surface area contributed by atoms with Crippen molar-refractivity contribution in [3.05, 3.63) is 11.7 Å². The van der Waals surface area contributed by atoms with Gasteiger partial charge in [0.15, 0.2) is 5.82 Å². The molecule has 0 aromatic carbocycles. The Labute approximate surface area is 113 Å². The Morgan fingerprint density at radius 2 is 2.11 bits per heavy atom. The van der Waals surface area contributed by atoms with Crippen LogP contribution in [0.2, 0.25) is 0 Å². The molecule has 0 radical (unpaired) electrons. The van der Waals surface area contributed by atoms with Crippen molar-refractivity contribution in [1.29, 1.82) is 0 Å². The summed E-state index contributed by atoms with van der Waals surface area (Å²) in [7, 11) is 0. The van der Waals surface area contributed by atoms with Crippen LogP contribution in [0.1, 0.15) is 69.1 Å². The number of hydrogen-bond donors (Lipinski definition) is 2. The van der Waals surface area contributed by atoms with Gasteiger partial charge in [-0.15, -0.1) is 0 Å². The van der Waals surface area contributed by atoms with Gasteiger partial charge in [-0.25, -0.2) is 0 Å². The number of aliphatic hydroxyl groups is 1. The molecule has 5 heteroatoms. The molecule has 0 bridgehead atoms. The summed E-state index contributed by atoms with van der Waals surface area (Å²) in [5, 5.41) is 16.9. The fourth-order valence-electron chi connectivity index (χ4n) is 3.29. The van der Waals surface area contributed by atoms with E-state index in [1.165, 1.54) is 32.1 Å². The van der Waals surface area contributed by atoms with E-state index >= 15 is 0 Å². The lowest BCUT2D eigenvalue weighted by molar-refractivity contribution is 0.191. The number of β-amino-alcohol motifs (C(OH)–C–C–N with tert-alkyl or cyclic N) is 1. The fraction of sp³-hybridized carbons (Fsp3) is 0.857. The van der Waals surface area contributed by atoms with Crippen LogP contribution in [0.3, 0.4) is 0 Å². The molecule has 1 aliphatic carbocycles. The van der Waals surface area contributed by atoms with E-state index in [4.69, 9.17) is 4.52 Å². The van der Waals surface area contributed by atoms with Crippen LogP contribution in [0, 0.1) is 5.92 Å². The quantitative estimate of drug-likeness (QED) is 0.876. The molecule has 1 aromatic rings. The lowest BCUT2D eigenvalue weighted by Crippen LogP contribution is -2.16. The van der Waals surface area contributed by atoms with E-state index in [-0.39, 0.29) is 12.1 Å². The molecule has 2 atom stereocenters. The standard InChI is InChI=1S/C14H23N3O2/c1-2-9-3-5-10(6-4-9)13-16-14(19-17-13)12-7-11(18)8-15-12/h9-12,15,18H,2-8H2,1H3/t9?,10?,11-,12-/m0/s1. The smallest absolute Gasteiger partial charge is 0.243 e. The lowest BCUT2D eigenvalue weighted by atomic mass is 9.80. The molecule has 2 N–H and O–H groups in total. The van der Waals surface area contributed by atoms with Crippen molar-refractivity contribution in [1.82, 2.24) is 15.5 Å². The summed E-state index contributed by atoms with van der Waals surface area (Å²) in [6.45, 7) is 2.89. The van der Waals surface area contributed by atoms with Gasteiger partial charge < -0.3 is 14.9 Å². The summed E-state index contributed by atoms with van der Waals surface area (Å²) < 4.78 is 5.37. The highest BCUT2D eigenvalue weighted by atomic mass is 16.5. The Morgan fingerprint density at radius 3 is 2.74 bits per heavy atom. The number of hydrogen-bond acceptors (Lipinski definition) is 5. The van der Waals surface area contributed by atoms with Crippen LogP contribution < -0.4 is 5.32 Å². The van der Waals surface area contributed by atoms with Gasteiger partial charge in [0.25, 0.3) is 0 Å². The summed E-state index contributed by atoms with van der Waals surface area (Å²) in [6, 6.07) is 0.0308. The first-order valence-electron chi connectivity index (χ1n) is 7.51. The summed E-state index contributed by atoms with van der Waals surface area (Å²) in [6.07, 6.45) is 6.59. The molecule has 106 valence electrons. The van der Waals surface area contributed by atoms with Crippen molar-refractivity contribution in [3.63, 3.8) is 0 Å². The Hall–Kier alpha value is -0.940. The van der Waals surface area contributed by atoms with Crippen LogP contribution in [0.5, 0.6) is 0 Å². The van der Waals surface area contributed by atoms with Gasteiger partial charge in [0.05, 0.1) is 12.1 Å². The van der Waals surface area contributed by atoms with Crippen molar-refractivity contribution in [2.24, 2.45) is 5.92 Å². The maximum atomic E-state index is 9.52. The Bertz CT molecular complexity index is 413. The molecule has 5 nitrogen and oxygen atoms in total. The molecule has 2 fully saturated rings. The van der Waals surface area contributed by atoms with Gasteiger partial charge in [0.2, 0.25) is 5.89 Å². The zero-order chi connectivity index (χ0) is 13.2. The largest absolute Gasteiger partial charge is 0.392 e. The molecule has 2 heterocycles. The predicted molar refractivity (Wildman–Crippen MR) is 70.7 cm³/mol. The van der Waals surface area contributed by atoms with E-state index in [1.807, 2.05) is 0 Å². The topological polar surface area (TPSA) is 71.2 Å². The van der Waals surface area contributed by atoms with Gasteiger partial charge in [-0.3, -0.25) is 0 Å². The summed E-state index contributed by atoms with van der Waals surface area (Å²) in [5.41, 5.74) is 0. The average Bonchev–Trinajstić information content (AvgIpc) is 3.07. The highest BCUT2D eigenvalue weighted by Crippen LogP contribution is 2.36. The minimum atomic E-state index is -0.291. The molecule has 0 spiro atoms. The van der Waals surface area contributed by atoms with E-state index < -0.39 is 0 Å². The first kappa shape index (κ1) is 13.1. The van der Waals surface area contributed by atoms with Gasteiger partial charge in [-0.2, -0.15) is 4.98 Å². The van der Waals surface area contributed by atoms with Crippen LogP contribution >= 0.6 is 0 Å². The monoisotopic (exact) mass is 265 g/mol. The summed E-state index contributed by atoms with van der Waals surface area (Å²) >= 11 is 0. The molecule has 1 aromatic heterocycles. The van der Waals surface area contributed by atoms with Crippen molar-refractivity contribution >= 4 is 0 Å². The van der Waals surface area contributed by atoms with Crippen molar-refractivity contribution < 1.29 is 9.63 Å². The van der Waals surface area contributed by atoms with Crippen LogP contribution in [-0.4, -0.2) is 27.9 Å². The maximum Gasteiger partial charge on any atom is 0.243 e. The Morgan fingerprint density at radius 1 is 1.32 bits per heavy atom. The third kappa shape index (κ3) is 2.82. The van der Waals surface area contributed by atoms with Crippen LogP contribution in [-0.2, 0) is 0 Å². The highest BCUT2D eigenvalue weighted by Gasteiger charge is 2.30. The predicted octanol–water partition coefficient (Wildman–Crippen LogP) is 2.15. The molecular weight excluding hydrogens is 242 g/mol. The molecule has 3 rings (SSSR count). The van der Waals surface area contributed by atoms with Crippen molar-refractivity contribution in [2.75, 3.05) is 6.54 Å². The second-order valence-corrected chi connectivity index (χ2v) is 5.97. The van der Waals surface area contributed by atoms with E-state index in [9.17, 15) is 5.11 Å². The number of rotatable bonds is 3. The highest BCUT2D eigenvalue weighted by molar-refractivity contribution is 5.02. The molecule has 1 saturated carbocycles. The zero-order valence-electron chi connectivity index (χ0n) is 11.5. The van der Waals surface area contributed by atoms with Gasteiger partial charge >= 0.3 is 0 Å². The third-order valence-electron chi connectivity index (χ3n) is 4.65. The van der Waals surface area contributed by atoms with Crippen molar-refractivity contribution in [3.8, 4) is 0 Å². The van der Waals surface area contributed by atoms with E-state index in [0.717, 1.165) is 11.7 Å². The van der Waals surface area contributed by atoms with Crippen molar-refractivity contribution in [2.45, 2.75) is 63.5 Å². The first-order chi connectivity index (χ1) is 9.26. The SMILES string of the molecule is CCC1CCC(c2noc([C@@H]3C[C@H](O)CN3)n2)CC1. The molecule has 1 saturated heterocycles. The molecule has 2 aliphatic rings. The maximum absolute atomic E-state index is 9.52. The Kier molecular flexibility index (Phi) is 3.84. The lowest BCUT2D eigenvalue weighted by Gasteiger charge is -2.25. The van der Waals surface area contributed by atoms with Crippen LogP contribution in [0.15, 0.2) is 4.52 Å². The van der Waals surface area contributed by atoms with Gasteiger partial charge in [-0.05, 0) is 38.0 Å². The minimum Gasteiger partial charge on any atom is -0.392 e. The van der Waals surface area contributed by atoms with Gasteiger partial charge in [0, 0.05) is 12.5 Å². The van der Waals surface area contributed by atoms with Gasteiger partial charge in [-0.1, -0.05) is 18.5 Å². The second kappa shape index (κ2) is 5.59. The Balaban J connectivity index is 1.62. The average molecular weight is 265 g/mol. The number of aliphatic hydroxyl groups excluding tert-OH is 1. The summed E-state index contributed by atoms with van der Waals surface area (Å²) in [4.78, 5) is 4.55. The normalized spacial score (nSPS) is 35.7. The van der Waals surface area contributed by atoms with Crippen LogP contribution in [0.25, 0.3) is 0 Å². The van der Waals surface area contributed by atoms with Crippen LogP contribution in [0.4, 0.5) is 0 Å². The number of aromatic nitrogens is 2. The fourth-order valence-corrected chi connectivity index (χ4v) is 3.29. The first-order valence-corrected chi connectivity index (χ1v) is 7.51. The van der Waals surface area contributed by atoms with E-state index in [0.29, 0.717) is 24.8 Å². The molecule has 1 aliphatic heterocycles.